The zero-order valence-corrected chi connectivity index (χ0v) is 25.1. The normalized spacial score (nSPS) is 20.0. The molecule has 0 saturated heterocycles. The Kier molecular flexibility index (Phi) is 9.82. The molecule has 42 heavy (non-hydrogen) atoms. The zero-order chi connectivity index (χ0) is 30.4. The topological polar surface area (TPSA) is 108 Å². The first-order valence-electron chi connectivity index (χ1n) is 14.9. The summed E-state index contributed by atoms with van der Waals surface area (Å²) in [5, 5.41) is 15.8. The Bertz CT molecular complexity index is 1300. The molecule has 4 rings (SSSR count). The van der Waals surface area contributed by atoms with Crippen molar-refractivity contribution in [1.29, 1.82) is 0 Å². The Morgan fingerprint density at radius 3 is 2.31 bits per heavy atom. The molecular weight excluding hydrogens is 530 g/mol. The van der Waals surface area contributed by atoms with Crippen LogP contribution in [0.1, 0.15) is 89.0 Å². The summed E-state index contributed by atoms with van der Waals surface area (Å²) in [6.07, 6.45) is 11.1. The van der Waals surface area contributed by atoms with Crippen LogP contribution >= 0.6 is 0 Å². The lowest BCUT2D eigenvalue weighted by Crippen LogP contribution is -2.55. The van der Waals surface area contributed by atoms with Crippen LogP contribution in [0, 0.1) is 18.3 Å². The lowest BCUT2D eigenvalue weighted by Gasteiger charge is -2.36. The van der Waals surface area contributed by atoms with Crippen molar-refractivity contribution in [3.05, 3.63) is 65.2 Å². The van der Waals surface area contributed by atoms with Crippen LogP contribution < -0.4 is 10.6 Å². The summed E-state index contributed by atoms with van der Waals surface area (Å²) < 4.78 is 5.52. The number of alkyl carbamates (subject to hydrolysis) is 1. The molecule has 2 saturated carbocycles. The molecule has 2 fully saturated rings. The maximum absolute atomic E-state index is 14.6. The van der Waals surface area contributed by atoms with Crippen LogP contribution in [0.25, 0.3) is 0 Å². The summed E-state index contributed by atoms with van der Waals surface area (Å²) in [6.45, 7) is 7.31. The van der Waals surface area contributed by atoms with Crippen LogP contribution in [-0.4, -0.2) is 51.6 Å². The Balaban J connectivity index is 1.74. The minimum absolute atomic E-state index is 0.0352. The fourth-order valence-corrected chi connectivity index (χ4v) is 5.68. The Labute approximate surface area is 249 Å². The number of phenolic OH excluding ortho intramolecular Hbond substituents is 1. The number of carbonyl (C=O) groups excluding carboxylic acids is 3. The lowest BCUT2D eigenvalue weighted by molar-refractivity contribution is -0.143. The van der Waals surface area contributed by atoms with E-state index in [1.165, 1.54) is 12.1 Å². The van der Waals surface area contributed by atoms with E-state index in [1.54, 1.807) is 43.9 Å². The average molecular weight is 574 g/mol. The summed E-state index contributed by atoms with van der Waals surface area (Å²) in [6, 6.07) is 11.6. The molecule has 8 heteroatoms. The van der Waals surface area contributed by atoms with Crippen molar-refractivity contribution in [2.24, 2.45) is 5.92 Å². The molecule has 8 nitrogen and oxygen atoms in total. The highest BCUT2D eigenvalue weighted by Gasteiger charge is 2.48. The molecule has 4 atom stereocenters. The monoisotopic (exact) mass is 573 g/mol. The highest BCUT2D eigenvalue weighted by atomic mass is 16.6. The van der Waals surface area contributed by atoms with E-state index in [9.17, 15) is 19.5 Å². The zero-order valence-electron chi connectivity index (χ0n) is 25.1. The van der Waals surface area contributed by atoms with Gasteiger partial charge in [0, 0.05) is 24.1 Å². The molecule has 2 aliphatic rings. The molecule has 2 aromatic rings. The molecule has 0 bridgehead atoms. The lowest BCUT2D eigenvalue weighted by atomic mass is 9.93. The van der Waals surface area contributed by atoms with E-state index in [4.69, 9.17) is 11.2 Å². The Hall–Kier alpha value is -3.99. The number of terminal acetylenes is 1. The van der Waals surface area contributed by atoms with Gasteiger partial charge in [-0.25, -0.2) is 4.79 Å². The van der Waals surface area contributed by atoms with Crippen LogP contribution in [0.4, 0.5) is 4.79 Å². The summed E-state index contributed by atoms with van der Waals surface area (Å²) in [5.74, 6) is 2.32. The van der Waals surface area contributed by atoms with Crippen molar-refractivity contribution in [3.63, 3.8) is 0 Å². The van der Waals surface area contributed by atoms with Gasteiger partial charge in [0.2, 0.25) is 11.8 Å². The molecule has 4 unspecified atom stereocenters. The first-order valence-corrected chi connectivity index (χ1v) is 14.9. The second kappa shape index (κ2) is 13.3. The predicted molar refractivity (Wildman–Crippen MR) is 162 cm³/mol. The largest absolute Gasteiger partial charge is 0.508 e. The SMILES string of the molecule is C#Cc1ccccc1C(C(=O)NC1CCCCC1)N(C(=O)C(Cc1ccc(O)cc1)NC(=O)OC(C)(C)C)C1CC1C. The number of ether oxygens (including phenoxy) is 1. The van der Waals surface area contributed by atoms with Gasteiger partial charge in [0.15, 0.2) is 0 Å². The van der Waals surface area contributed by atoms with Crippen molar-refractivity contribution >= 4 is 17.9 Å². The van der Waals surface area contributed by atoms with E-state index in [1.807, 2.05) is 25.1 Å². The summed E-state index contributed by atoms with van der Waals surface area (Å²) >= 11 is 0. The first kappa shape index (κ1) is 31.0. The third kappa shape index (κ3) is 8.06. The maximum atomic E-state index is 14.6. The van der Waals surface area contributed by atoms with Crippen molar-refractivity contribution < 1.29 is 24.2 Å². The van der Waals surface area contributed by atoms with E-state index in [-0.39, 0.29) is 42.0 Å². The molecule has 0 spiro atoms. The van der Waals surface area contributed by atoms with Gasteiger partial charge < -0.3 is 25.4 Å². The van der Waals surface area contributed by atoms with Gasteiger partial charge >= 0.3 is 6.09 Å². The summed E-state index contributed by atoms with van der Waals surface area (Å²) in [4.78, 5) is 43.4. The van der Waals surface area contributed by atoms with E-state index in [0.29, 0.717) is 11.1 Å². The minimum atomic E-state index is -1.03. The summed E-state index contributed by atoms with van der Waals surface area (Å²) in [5.41, 5.74) is 1.09. The second-order valence-electron chi connectivity index (χ2n) is 12.6. The van der Waals surface area contributed by atoms with E-state index in [0.717, 1.165) is 44.1 Å². The predicted octanol–water partition coefficient (Wildman–Crippen LogP) is 5.24. The van der Waals surface area contributed by atoms with Gasteiger partial charge in [-0.15, -0.1) is 6.42 Å². The van der Waals surface area contributed by atoms with Gasteiger partial charge in [-0.05, 0) is 75.3 Å². The van der Waals surface area contributed by atoms with Gasteiger partial charge in [-0.2, -0.15) is 0 Å². The molecule has 224 valence electrons. The number of carbonyl (C=O) groups is 3. The first-order chi connectivity index (χ1) is 20.0. The fraction of sp³-hybridized carbons (Fsp3) is 0.500. The highest BCUT2D eigenvalue weighted by Crippen LogP contribution is 2.41. The van der Waals surface area contributed by atoms with Crippen molar-refractivity contribution in [2.75, 3.05) is 0 Å². The van der Waals surface area contributed by atoms with E-state index >= 15 is 0 Å². The van der Waals surface area contributed by atoms with Gasteiger partial charge in [0.25, 0.3) is 0 Å². The van der Waals surface area contributed by atoms with Crippen molar-refractivity contribution in [1.82, 2.24) is 15.5 Å². The molecule has 3 amide bonds. The molecule has 3 N–H and O–H groups in total. The molecular formula is C34H43N3O5. The van der Waals surface area contributed by atoms with Gasteiger partial charge in [-0.3, -0.25) is 9.59 Å². The standard InChI is InChI=1S/C34H43N3O5/c1-6-24-12-10-11-15-27(24)30(31(39)35-25-13-8-7-9-14-25)37(29-20-22(29)2)32(40)28(36-33(41)42-34(3,4)5)21-23-16-18-26(38)19-17-23/h1,10-12,15-19,22,25,28-30,38H,7-9,13-14,20-21H2,2-5H3,(H,35,39)(H,36,41). The van der Waals surface area contributed by atoms with Crippen LogP contribution in [0.5, 0.6) is 5.75 Å². The number of hydrogen-bond acceptors (Lipinski definition) is 5. The number of nitrogens with one attached hydrogen (secondary N) is 2. The van der Waals surface area contributed by atoms with Crippen LogP contribution in [0.15, 0.2) is 48.5 Å². The molecule has 0 radical (unpaired) electrons. The van der Waals surface area contributed by atoms with E-state index in [2.05, 4.69) is 16.6 Å². The van der Waals surface area contributed by atoms with Crippen molar-refractivity contribution in [2.45, 2.75) is 102 Å². The number of phenols is 1. The smallest absolute Gasteiger partial charge is 0.408 e. The van der Waals surface area contributed by atoms with Crippen LogP contribution in [0.3, 0.4) is 0 Å². The van der Waals surface area contributed by atoms with Crippen molar-refractivity contribution in [3.8, 4) is 18.1 Å². The molecule has 0 heterocycles. The second-order valence-corrected chi connectivity index (χ2v) is 12.6. The molecule has 2 aromatic carbocycles. The molecule has 0 aromatic heterocycles. The number of hydrogen-bond donors (Lipinski definition) is 3. The summed E-state index contributed by atoms with van der Waals surface area (Å²) in [7, 11) is 0. The minimum Gasteiger partial charge on any atom is -0.508 e. The number of nitrogens with zero attached hydrogens (tertiary/aromatic N) is 1. The Morgan fingerprint density at radius 2 is 1.71 bits per heavy atom. The fourth-order valence-electron chi connectivity index (χ4n) is 5.68. The number of aromatic hydroxyl groups is 1. The quantitative estimate of drug-likeness (QED) is 0.356. The highest BCUT2D eigenvalue weighted by molar-refractivity contribution is 5.93. The van der Waals surface area contributed by atoms with Gasteiger partial charge in [-0.1, -0.05) is 62.4 Å². The van der Waals surface area contributed by atoms with E-state index < -0.39 is 23.8 Å². The average Bonchev–Trinajstić information content (AvgIpc) is 3.67. The molecule has 2 aliphatic carbocycles. The van der Waals surface area contributed by atoms with Gasteiger partial charge in [0.1, 0.15) is 23.4 Å². The maximum Gasteiger partial charge on any atom is 0.408 e. The number of amides is 3. The van der Waals surface area contributed by atoms with Crippen LogP contribution in [-0.2, 0) is 20.7 Å². The number of benzene rings is 2. The van der Waals surface area contributed by atoms with Crippen LogP contribution in [0.2, 0.25) is 0 Å². The number of rotatable bonds is 9. The third-order valence-corrected chi connectivity index (χ3v) is 7.93. The Morgan fingerprint density at radius 1 is 1.07 bits per heavy atom. The third-order valence-electron chi connectivity index (χ3n) is 7.93. The van der Waals surface area contributed by atoms with Gasteiger partial charge in [0.05, 0.1) is 0 Å². The molecule has 0 aliphatic heterocycles.